The summed E-state index contributed by atoms with van der Waals surface area (Å²) >= 11 is 0. The van der Waals surface area contributed by atoms with E-state index in [2.05, 4.69) is 0 Å². The van der Waals surface area contributed by atoms with Gasteiger partial charge in [0.15, 0.2) is 5.60 Å². The number of hydrogen-bond acceptors (Lipinski definition) is 6. The Morgan fingerprint density at radius 3 is 2.26 bits per heavy atom. The average molecular weight is 421 g/mol. The van der Waals surface area contributed by atoms with Crippen LogP contribution in [-0.4, -0.2) is 35.7 Å². The molecule has 1 aromatic heterocycles. The predicted molar refractivity (Wildman–Crippen MR) is 119 cm³/mol. The summed E-state index contributed by atoms with van der Waals surface area (Å²) in [7, 11) is 0. The van der Waals surface area contributed by atoms with Crippen LogP contribution in [0.2, 0.25) is 0 Å². The van der Waals surface area contributed by atoms with Crippen LogP contribution in [0, 0.1) is 6.92 Å². The lowest BCUT2D eigenvalue weighted by molar-refractivity contribution is -0.158. The molecule has 0 saturated heterocycles. The summed E-state index contributed by atoms with van der Waals surface area (Å²) < 4.78 is 16.1. The van der Waals surface area contributed by atoms with Crippen molar-refractivity contribution < 1.29 is 23.8 Å². The number of carbonyl (C=O) groups is 2. The molecule has 0 atom stereocenters. The third-order valence-corrected chi connectivity index (χ3v) is 4.73. The summed E-state index contributed by atoms with van der Waals surface area (Å²) in [5, 5.41) is 0.878. The molecule has 0 aliphatic heterocycles. The number of ether oxygens (including phenoxy) is 3. The number of aryl methyl sites for hydroxylation is 1. The van der Waals surface area contributed by atoms with E-state index in [1.54, 1.807) is 39.8 Å². The summed E-state index contributed by atoms with van der Waals surface area (Å²) in [6.45, 7) is 9.40. The third-order valence-electron chi connectivity index (χ3n) is 4.73. The molecule has 3 aromatic rings. The van der Waals surface area contributed by atoms with Crippen LogP contribution >= 0.6 is 0 Å². The smallest absolute Gasteiger partial charge is 0.349 e. The SMILES string of the molecule is CCOC(=O)c1cc2cc(C)ccc2nc1-c1ccc(OC(C)(C)C(=O)OCC)cc1. The molecule has 0 amide bonds. The Morgan fingerprint density at radius 2 is 1.61 bits per heavy atom. The summed E-state index contributed by atoms with van der Waals surface area (Å²) in [5.74, 6) is -0.344. The van der Waals surface area contributed by atoms with Gasteiger partial charge in [-0.05, 0) is 77.1 Å². The van der Waals surface area contributed by atoms with Crippen LogP contribution < -0.4 is 4.74 Å². The van der Waals surface area contributed by atoms with Gasteiger partial charge in [0.1, 0.15) is 5.75 Å². The summed E-state index contributed by atoms with van der Waals surface area (Å²) in [4.78, 5) is 29.4. The molecule has 6 heteroatoms. The predicted octanol–water partition coefficient (Wildman–Crippen LogP) is 5.11. The zero-order valence-electron chi connectivity index (χ0n) is 18.5. The Hall–Kier alpha value is -3.41. The second-order valence-corrected chi connectivity index (χ2v) is 7.66. The number of pyridine rings is 1. The van der Waals surface area contributed by atoms with Crippen LogP contribution in [-0.2, 0) is 14.3 Å². The highest BCUT2D eigenvalue weighted by Gasteiger charge is 2.31. The molecular weight excluding hydrogens is 394 g/mol. The Labute approximate surface area is 182 Å². The Kier molecular flexibility index (Phi) is 6.59. The van der Waals surface area contributed by atoms with Gasteiger partial charge >= 0.3 is 11.9 Å². The highest BCUT2D eigenvalue weighted by atomic mass is 16.6. The Balaban J connectivity index is 1.98. The number of hydrogen-bond donors (Lipinski definition) is 0. The molecule has 0 bridgehead atoms. The fourth-order valence-corrected chi connectivity index (χ4v) is 3.20. The van der Waals surface area contributed by atoms with E-state index in [0.29, 0.717) is 17.0 Å². The quantitative estimate of drug-likeness (QED) is 0.494. The van der Waals surface area contributed by atoms with E-state index < -0.39 is 17.5 Å². The van der Waals surface area contributed by atoms with Gasteiger partial charge in [0.2, 0.25) is 0 Å². The molecule has 0 radical (unpaired) electrons. The van der Waals surface area contributed by atoms with Gasteiger partial charge in [-0.25, -0.2) is 14.6 Å². The van der Waals surface area contributed by atoms with Crippen LogP contribution in [0.15, 0.2) is 48.5 Å². The number of carbonyl (C=O) groups excluding carboxylic acids is 2. The number of rotatable bonds is 7. The first-order valence-corrected chi connectivity index (χ1v) is 10.3. The fraction of sp³-hybridized carbons (Fsp3) is 0.320. The van der Waals surface area contributed by atoms with Crippen molar-refractivity contribution >= 4 is 22.8 Å². The van der Waals surface area contributed by atoms with E-state index in [-0.39, 0.29) is 13.2 Å². The molecule has 0 fully saturated rings. The first-order chi connectivity index (χ1) is 14.7. The van der Waals surface area contributed by atoms with E-state index in [4.69, 9.17) is 19.2 Å². The molecule has 0 aliphatic rings. The highest BCUT2D eigenvalue weighted by molar-refractivity contribution is 6.00. The van der Waals surface area contributed by atoms with Gasteiger partial charge in [-0.2, -0.15) is 0 Å². The van der Waals surface area contributed by atoms with Gasteiger partial charge in [0, 0.05) is 10.9 Å². The van der Waals surface area contributed by atoms with E-state index in [1.165, 1.54) is 0 Å². The van der Waals surface area contributed by atoms with Gasteiger partial charge in [-0.1, -0.05) is 11.6 Å². The highest BCUT2D eigenvalue weighted by Crippen LogP contribution is 2.29. The number of fused-ring (bicyclic) bond motifs is 1. The first kappa shape index (κ1) is 22.3. The van der Waals surface area contributed by atoms with Crippen molar-refractivity contribution in [2.24, 2.45) is 0 Å². The molecule has 0 N–H and O–H groups in total. The molecule has 0 unspecified atom stereocenters. The standard InChI is InChI=1S/C25H27NO5/c1-6-29-23(27)20-15-18-14-16(3)8-13-21(18)26-22(20)17-9-11-19(12-10-17)31-25(4,5)24(28)30-7-2/h8-15H,6-7H2,1-5H3. The number of esters is 2. The van der Waals surface area contributed by atoms with E-state index >= 15 is 0 Å². The van der Waals surface area contributed by atoms with Gasteiger partial charge in [-0.15, -0.1) is 0 Å². The average Bonchev–Trinajstić information content (AvgIpc) is 2.73. The van der Waals surface area contributed by atoms with E-state index in [0.717, 1.165) is 22.0 Å². The van der Waals surface area contributed by atoms with Crippen molar-refractivity contribution in [1.82, 2.24) is 4.98 Å². The van der Waals surface area contributed by atoms with Crippen LogP contribution in [0.25, 0.3) is 22.2 Å². The Morgan fingerprint density at radius 1 is 0.935 bits per heavy atom. The fourth-order valence-electron chi connectivity index (χ4n) is 3.20. The van der Waals surface area contributed by atoms with Crippen molar-refractivity contribution in [3.63, 3.8) is 0 Å². The van der Waals surface area contributed by atoms with Crippen molar-refractivity contribution in [3.05, 3.63) is 59.7 Å². The monoisotopic (exact) mass is 421 g/mol. The van der Waals surface area contributed by atoms with Crippen molar-refractivity contribution in [2.75, 3.05) is 13.2 Å². The van der Waals surface area contributed by atoms with Gasteiger partial charge in [0.25, 0.3) is 0 Å². The van der Waals surface area contributed by atoms with Crippen LogP contribution in [0.4, 0.5) is 0 Å². The summed E-state index contributed by atoms with van der Waals surface area (Å²) in [5.41, 5.74) is 2.44. The Bertz CT molecular complexity index is 1100. The summed E-state index contributed by atoms with van der Waals surface area (Å²) in [6, 6.07) is 14.8. The second kappa shape index (κ2) is 9.16. The third kappa shape index (κ3) is 5.02. The van der Waals surface area contributed by atoms with Crippen molar-refractivity contribution in [1.29, 1.82) is 0 Å². The lowest BCUT2D eigenvalue weighted by atomic mass is 10.0. The molecular formula is C25H27NO5. The number of nitrogens with zero attached hydrogens (tertiary/aromatic N) is 1. The molecule has 0 spiro atoms. The first-order valence-electron chi connectivity index (χ1n) is 10.3. The lowest BCUT2D eigenvalue weighted by Crippen LogP contribution is -2.39. The zero-order valence-corrected chi connectivity index (χ0v) is 18.5. The number of aromatic nitrogens is 1. The molecule has 1 heterocycles. The van der Waals surface area contributed by atoms with Crippen LogP contribution in [0.3, 0.4) is 0 Å². The topological polar surface area (TPSA) is 74.7 Å². The second-order valence-electron chi connectivity index (χ2n) is 7.66. The minimum Gasteiger partial charge on any atom is -0.476 e. The molecule has 6 nitrogen and oxygen atoms in total. The molecule has 3 rings (SSSR count). The summed E-state index contributed by atoms with van der Waals surface area (Å²) in [6.07, 6.45) is 0. The lowest BCUT2D eigenvalue weighted by Gasteiger charge is -2.24. The van der Waals surface area contributed by atoms with Crippen molar-refractivity contribution in [2.45, 2.75) is 40.2 Å². The molecule has 0 saturated carbocycles. The molecule has 0 aliphatic carbocycles. The minimum absolute atomic E-state index is 0.278. The molecule has 2 aromatic carbocycles. The maximum Gasteiger partial charge on any atom is 0.349 e. The van der Waals surface area contributed by atoms with E-state index in [1.807, 2.05) is 43.3 Å². The van der Waals surface area contributed by atoms with E-state index in [9.17, 15) is 9.59 Å². The van der Waals surface area contributed by atoms with Gasteiger partial charge in [-0.3, -0.25) is 0 Å². The largest absolute Gasteiger partial charge is 0.476 e. The minimum atomic E-state index is -1.12. The molecule has 31 heavy (non-hydrogen) atoms. The normalized spacial score (nSPS) is 11.3. The maximum absolute atomic E-state index is 12.6. The molecule has 162 valence electrons. The van der Waals surface area contributed by atoms with Gasteiger partial charge < -0.3 is 14.2 Å². The van der Waals surface area contributed by atoms with Crippen molar-refractivity contribution in [3.8, 4) is 17.0 Å². The van der Waals surface area contributed by atoms with Crippen LogP contribution in [0.1, 0.15) is 43.6 Å². The maximum atomic E-state index is 12.6. The zero-order chi connectivity index (χ0) is 22.6. The van der Waals surface area contributed by atoms with Gasteiger partial charge in [0.05, 0.1) is 30.0 Å². The number of benzene rings is 2. The van der Waals surface area contributed by atoms with Crippen LogP contribution in [0.5, 0.6) is 5.75 Å².